The Bertz CT molecular complexity index is 233. The van der Waals surface area contributed by atoms with Crippen molar-refractivity contribution in [2.75, 3.05) is 13.1 Å². The highest BCUT2D eigenvalue weighted by atomic mass is 16.5. The molecule has 1 rings (SSSR count). The fourth-order valence-corrected chi connectivity index (χ4v) is 1.95. The number of carbonyl (C=O) groups excluding carboxylic acids is 1. The molecule has 0 aromatic heterocycles. The zero-order chi connectivity index (χ0) is 11.6. The van der Waals surface area contributed by atoms with Gasteiger partial charge in [-0.3, -0.25) is 15.1 Å². The van der Waals surface area contributed by atoms with Crippen molar-refractivity contribution in [2.24, 2.45) is 5.84 Å². The van der Waals surface area contributed by atoms with Gasteiger partial charge in [-0.2, -0.15) is 0 Å². The second-order valence-electron chi connectivity index (χ2n) is 4.69. The quantitative estimate of drug-likeness (QED) is 0.382. The van der Waals surface area contributed by atoms with Crippen LogP contribution < -0.4 is 11.3 Å². The molecule has 0 bridgehead atoms. The summed E-state index contributed by atoms with van der Waals surface area (Å²) in [7, 11) is 0. The number of ether oxygens (including phenoxy) is 1. The van der Waals surface area contributed by atoms with Gasteiger partial charge in [0.1, 0.15) is 0 Å². The number of hydrazine groups is 1. The summed E-state index contributed by atoms with van der Waals surface area (Å²) >= 11 is 0. The van der Waals surface area contributed by atoms with E-state index in [4.69, 9.17) is 10.6 Å². The minimum atomic E-state index is -0.582. The van der Waals surface area contributed by atoms with Gasteiger partial charge >= 0.3 is 0 Å². The van der Waals surface area contributed by atoms with Crippen LogP contribution >= 0.6 is 0 Å². The minimum Gasteiger partial charge on any atom is -0.373 e. The van der Waals surface area contributed by atoms with E-state index in [2.05, 4.69) is 10.3 Å². The molecule has 88 valence electrons. The van der Waals surface area contributed by atoms with E-state index in [1.165, 1.54) is 0 Å². The number of carbonyl (C=O) groups is 1. The number of hydrogen-bond acceptors (Lipinski definition) is 4. The Labute approximate surface area is 90.9 Å². The molecule has 0 aliphatic carbocycles. The second-order valence-corrected chi connectivity index (χ2v) is 4.69. The first-order valence-corrected chi connectivity index (χ1v) is 5.29. The molecule has 0 spiro atoms. The first-order chi connectivity index (χ1) is 6.87. The van der Waals surface area contributed by atoms with E-state index in [9.17, 15) is 4.79 Å². The van der Waals surface area contributed by atoms with E-state index in [-0.39, 0.29) is 18.1 Å². The molecule has 0 aromatic carbocycles. The average molecular weight is 215 g/mol. The summed E-state index contributed by atoms with van der Waals surface area (Å²) in [5, 5.41) is 0. The van der Waals surface area contributed by atoms with E-state index in [1.807, 2.05) is 27.7 Å². The Hall–Kier alpha value is -0.650. The molecule has 5 nitrogen and oxygen atoms in total. The monoisotopic (exact) mass is 215 g/mol. The van der Waals surface area contributed by atoms with Crippen molar-refractivity contribution >= 4 is 5.91 Å². The lowest BCUT2D eigenvalue weighted by Crippen LogP contribution is -2.61. The number of morpholine rings is 1. The van der Waals surface area contributed by atoms with Crippen LogP contribution in [0.4, 0.5) is 0 Å². The van der Waals surface area contributed by atoms with Crippen LogP contribution in [0.2, 0.25) is 0 Å². The Balaban J connectivity index is 2.73. The van der Waals surface area contributed by atoms with Crippen molar-refractivity contribution < 1.29 is 9.53 Å². The zero-order valence-corrected chi connectivity index (χ0v) is 9.91. The third kappa shape index (κ3) is 2.68. The number of amides is 1. The SMILES string of the molecule is C[C@@H]1CN(C(C)(C)C(=O)NN)C[C@H](C)O1. The maximum Gasteiger partial charge on any atom is 0.253 e. The topological polar surface area (TPSA) is 67.6 Å². The van der Waals surface area contributed by atoms with E-state index in [0.29, 0.717) is 0 Å². The van der Waals surface area contributed by atoms with Crippen molar-refractivity contribution in [3.8, 4) is 0 Å². The van der Waals surface area contributed by atoms with Gasteiger partial charge in [0.2, 0.25) is 0 Å². The summed E-state index contributed by atoms with van der Waals surface area (Å²) in [5.74, 6) is 5.01. The molecule has 0 unspecified atom stereocenters. The van der Waals surface area contributed by atoms with Crippen LogP contribution in [0.1, 0.15) is 27.7 Å². The van der Waals surface area contributed by atoms with Crippen LogP contribution in [-0.4, -0.2) is 41.6 Å². The van der Waals surface area contributed by atoms with Crippen LogP contribution in [0.25, 0.3) is 0 Å². The largest absolute Gasteiger partial charge is 0.373 e. The van der Waals surface area contributed by atoms with E-state index in [1.54, 1.807) is 0 Å². The van der Waals surface area contributed by atoms with Crippen LogP contribution in [0.5, 0.6) is 0 Å². The van der Waals surface area contributed by atoms with Crippen LogP contribution in [0.15, 0.2) is 0 Å². The summed E-state index contributed by atoms with van der Waals surface area (Å²) in [6, 6.07) is 0. The Morgan fingerprint density at radius 1 is 1.40 bits per heavy atom. The first kappa shape index (κ1) is 12.4. The molecule has 0 aromatic rings. The molecule has 1 aliphatic heterocycles. The number of hydrogen-bond donors (Lipinski definition) is 2. The molecule has 1 heterocycles. The lowest BCUT2D eigenvalue weighted by Gasteiger charge is -2.43. The predicted molar refractivity (Wildman–Crippen MR) is 58.0 cm³/mol. The highest BCUT2D eigenvalue weighted by Crippen LogP contribution is 2.21. The molecule has 2 atom stereocenters. The number of nitrogens with zero attached hydrogens (tertiary/aromatic N) is 1. The van der Waals surface area contributed by atoms with Gasteiger partial charge in [-0.25, -0.2) is 5.84 Å². The van der Waals surface area contributed by atoms with Gasteiger partial charge in [-0.15, -0.1) is 0 Å². The minimum absolute atomic E-state index is 0.151. The zero-order valence-electron chi connectivity index (χ0n) is 9.91. The molecular weight excluding hydrogens is 194 g/mol. The van der Waals surface area contributed by atoms with Crippen molar-refractivity contribution in [3.05, 3.63) is 0 Å². The molecule has 15 heavy (non-hydrogen) atoms. The molecule has 5 heteroatoms. The molecule has 1 saturated heterocycles. The normalized spacial score (nSPS) is 28.9. The Kier molecular flexibility index (Phi) is 3.70. The lowest BCUT2D eigenvalue weighted by atomic mass is 9.99. The molecule has 1 amide bonds. The Morgan fingerprint density at radius 2 is 1.87 bits per heavy atom. The summed E-state index contributed by atoms with van der Waals surface area (Å²) in [6.45, 7) is 9.29. The summed E-state index contributed by atoms with van der Waals surface area (Å²) in [4.78, 5) is 13.7. The number of rotatable bonds is 2. The molecule has 0 saturated carbocycles. The molecule has 3 N–H and O–H groups in total. The molecular formula is C10H21N3O2. The van der Waals surface area contributed by atoms with Crippen molar-refractivity contribution in [1.82, 2.24) is 10.3 Å². The maximum absolute atomic E-state index is 11.6. The van der Waals surface area contributed by atoms with Crippen LogP contribution in [-0.2, 0) is 9.53 Å². The third-order valence-corrected chi connectivity index (χ3v) is 2.90. The highest BCUT2D eigenvalue weighted by molar-refractivity contribution is 5.84. The maximum atomic E-state index is 11.6. The number of nitrogens with two attached hydrogens (primary N) is 1. The lowest BCUT2D eigenvalue weighted by molar-refractivity contribution is -0.141. The van der Waals surface area contributed by atoms with Crippen LogP contribution in [0, 0.1) is 0 Å². The van der Waals surface area contributed by atoms with Gasteiger partial charge in [0, 0.05) is 13.1 Å². The van der Waals surface area contributed by atoms with Crippen molar-refractivity contribution in [3.63, 3.8) is 0 Å². The van der Waals surface area contributed by atoms with Crippen molar-refractivity contribution in [1.29, 1.82) is 0 Å². The second kappa shape index (κ2) is 4.47. The highest BCUT2D eigenvalue weighted by Gasteiger charge is 2.38. The summed E-state index contributed by atoms with van der Waals surface area (Å²) < 4.78 is 5.62. The molecule has 1 aliphatic rings. The molecule has 1 fully saturated rings. The van der Waals surface area contributed by atoms with E-state index >= 15 is 0 Å². The van der Waals surface area contributed by atoms with Gasteiger partial charge in [0.05, 0.1) is 17.7 Å². The predicted octanol–water partition coefficient (Wildman–Crippen LogP) is -0.136. The van der Waals surface area contributed by atoms with Gasteiger partial charge in [-0.1, -0.05) is 0 Å². The van der Waals surface area contributed by atoms with Crippen LogP contribution in [0.3, 0.4) is 0 Å². The third-order valence-electron chi connectivity index (χ3n) is 2.90. The van der Waals surface area contributed by atoms with E-state index < -0.39 is 5.54 Å². The van der Waals surface area contributed by atoms with Gasteiger partial charge in [0.25, 0.3) is 5.91 Å². The fraction of sp³-hybridized carbons (Fsp3) is 0.900. The van der Waals surface area contributed by atoms with Gasteiger partial charge in [-0.05, 0) is 27.7 Å². The summed E-state index contributed by atoms with van der Waals surface area (Å²) in [6.07, 6.45) is 0.303. The van der Waals surface area contributed by atoms with Gasteiger partial charge in [0.15, 0.2) is 0 Å². The number of nitrogens with one attached hydrogen (secondary N) is 1. The fourth-order valence-electron chi connectivity index (χ4n) is 1.95. The van der Waals surface area contributed by atoms with Crippen molar-refractivity contribution in [2.45, 2.75) is 45.4 Å². The Morgan fingerprint density at radius 3 is 2.27 bits per heavy atom. The molecule has 0 radical (unpaired) electrons. The smallest absolute Gasteiger partial charge is 0.253 e. The van der Waals surface area contributed by atoms with E-state index in [0.717, 1.165) is 13.1 Å². The summed E-state index contributed by atoms with van der Waals surface area (Å²) in [5.41, 5.74) is 1.63. The standard InChI is InChI=1S/C10H21N3O2/c1-7-5-13(6-8(2)15-7)10(3,4)9(14)12-11/h7-8H,5-6,11H2,1-4H3,(H,12,14)/t7-,8+. The first-order valence-electron chi connectivity index (χ1n) is 5.29. The van der Waals surface area contributed by atoms with Gasteiger partial charge < -0.3 is 4.74 Å². The average Bonchev–Trinajstić information content (AvgIpc) is 2.15.